The highest BCUT2D eigenvalue weighted by Gasteiger charge is 2.37. The van der Waals surface area contributed by atoms with Crippen molar-refractivity contribution in [3.8, 4) is 11.4 Å². The van der Waals surface area contributed by atoms with Crippen molar-refractivity contribution in [3.05, 3.63) is 35.5 Å². The fourth-order valence-corrected chi connectivity index (χ4v) is 5.30. The van der Waals surface area contributed by atoms with Gasteiger partial charge in [-0.15, -0.1) is 0 Å². The number of carboxylic acids is 1. The summed E-state index contributed by atoms with van der Waals surface area (Å²) in [5.74, 6) is -1.40. The highest BCUT2D eigenvalue weighted by molar-refractivity contribution is 6.31. The van der Waals surface area contributed by atoms with Crippen LogP contribution >= 0.6 is 11.6 Å². The Morgan fingerprint density at radius 2 is 2.06 bits per heavy atom. The van der Waals surface area contributed by atoms with Crippen LogP contribution < -0.4 is 5.32 Å². The summed E-state index contributed by atoms with van der Waals surface area (Å²) in [5.41, 5.74) is 1.31. The predicted molar refractivity (Wildman–Crippen MR) is 128 cm³/mol. The quantitative estimate of drug-likeness (QED) is 0.468. The van der Waals surface area contributed by atoms with Crippen LogP contribution in [-0.2, 0) is 9.59 Å². The second kappa shape index (κ2) is 9.77. The molecule has 0 radical (unpaired) electrons. The SMILES string of the molecule is O=C(O)C1CCC(C(=O)N2CCCC(CNc3nc(-c4c[nH]c5ncc(Cl)cc45)ncc3F)C2)C1. The third-order valence-corrected chi connectivity index (χ3v) is 7.21. The number of hydrogen-bond acceptors (Lipinski definition) is 6. The summed E-state index contributed by atoms with van der Waals surface area (Å²) in [6.07, 6.45) is 7.75. The zero-order valence-electron chi connectivity index (χ0n) is 19.0. The van der Waals surface area contributed by atoms with E-state index in [1.165, 1.54) is 6.20 Å². The van der Waals surface area contributed by atoms with E-state index in [9.17, 15) is 19.1 Å². The number of nitrogens with one attached hydrogen (secondary N) is 2. The van der Waals surface area contributed by atoms with Crippen molar-refractivity contribution in [3.63, 3.8) is 0 Å². The molecule has 1 saturated heterocycles. The molecule has 5 rings (SSSR count). The predicted octanol–water partition coefficient (Wildman–Crippen LogP) is 3.96. The standard InChI is InChI=1S/C24H26ClFN6O3/c25-16-7-17-18(10-29-20(17)28-9-16)21-30-11-19(26)22(31-21)27-8-13-2-1-5-32(12-13)23(33)14-3-4-15(6-14)24(34)35/h7,9-11,13-15H,1-6,8,12H2,(H,28,29)(H,34,35)(H,27,30,31). The maximum absolute atomic E-state index is 14.5. The Kier molecular flexibility index (Phi) is 6.55. The number of H-pyrrole nitrogens is 1. The molecule has 0 bridgehead atoms. The molecule has 1 aliphatic carbocycles. The molecule has 1 saturated carbocycles. The molecule has 3 atom stereocenters. The second-order valence-electron chi connectivity index (χ2n) is 9.36. The number of aromatic nitrogens is 4. The topological polar surface area (TPSA) is 124 Å². The summed E-state index contributed by atoms with van der Waals surface area (Å²) in [6.45, 7) is 1.69. The molecular formula is C24H26ClFN6O3. The van der Waals surface area contributed by atoms with Gasteiger partial charge in [0.25, 0.3) is 0 Å². The van der Waals surface area contributed by atoms with E-state index in [0.29, 0.717) is 61.0 Å². The largest absolute Gasteiger partial charge is 0.481 e. The monoisotopic (exact) mass is 500 g/mol. The van der Waals surface area contributed by atoms with Crippen molar-refractivity contribution in [1.29, 1.82) is 0 Å². The van der Waals surface area contributed by atoms with Crippen LogP contribution in [-0.4, -0.2) is 61.5 Å². The Balaban J connectivity index is 1.24. The number of halogens is 2. The summed E-state index contributed by atoms with van der Waals surface area (Å²) in [5, 5.41) is 13.5. The van der Waals surface area contributed by atoms with E-state index >= 15 is 0 Å². The van der Waals surface area contributed by atoms with Gasteiger partial charge in [0, 0.05) is 48.9 Å². The molecule has 9 nitrogen and oxygen atoms in total. The Hall–Kier alpha value is -3.27. The average molecular weight is 501 g/mol. The summed E-state index contributed by atoms with van der Waals surface area (Å²) in [7, 11) is 0. The van der Waals surface area contributed by atoms with Gasteiger partial charge >= 0.3 is 5.97 Å². The first-order chi connectivity index (χ1) is 16.9. The maximum atomic E-state index is 14.5. The van der Waals surface area contributed by atoms with Crippen LogP contribution in [0.4, 0.5) is 10.2 Å². The minimum atomic E-state index is -0.820. The Morgan fingerprint density at radius 1 is 1.23 bits per heavy atom. The molecule has 3 aromatic heterocycles. The second-order valence-corrected chi connectivity index (χ2v) is 9.80. The Morgan fingerprint density at radius 3 is 2.86 bits per heavy atom. The fraction of sp³-hybridized carbons (Fsp3) is 0.458. The number of carbonyl (C=O) groups excluding carboxylic acids is 1. The maximum Gasteiger partial charge on any atom is 0.306 e. The smallest absolute Gasteiger partial charge is 0.306 e. The Bertz CT molecular complexity index is 1270. The summed E-state index contributed by atoms with van der Waals surface area (Å²) in [4.78, 5) is 41.9. The number of anilines is 1. The minimum absolute atomic E-state index is 0.0422. The normalized spacial score (nSPS) is 22.5. The molecule has 3 unspecified atom stereocenters. The number of amides is 1. The first kappa shape index (κ1) is 23.5. The molecule has 35 heavy (non-hydrogen) atoms. The van der Waals surface area contributed by atoms with Crippen molar-refractivity contribution in [1.82, 2.24) is 24.8 Å². The number of carboxylic acid groups (broad SMARTS) is 1. The summed E-state index contributed by atoms with van der Waals surface area (Å²) in [6, 6.07) is 1.76. The van der Waals surface area contributed by atoms with Crippen LogP contribution in [0.3, 0.4) is 0 Å². The van der Waals surface area contributed by atoms with Gasteiger partial charge in [-0.05, 0) is 44.1 Å². The van der Waals surface area contributed by atoms with Crippen molar-refractivity contribution < 1.29 is 19.1 Å². The van der Waals surface area contributed by atoms with Gasteiger partial charge in [0.05, 0.1) is 17.1 Å². The number of hydrogen-bond donors (Lipinski definition) is 3. The van der Waals surface area contributed by atoms with Crippen molar-refractivity contribution in [2.24, 2.45) is 17.8 Å². The number of piperidine rings is 1. The number of carbonyl (C=O) groups is 2. The number of likely N-dealkylation sites (tertiary alicyclic amines) is 1. The molecular weight excluding hydrogens is 475 g/mol. The van der Waals surface area contributed by atoms with Crippen LogP contribution in [0.5, 0.6) is 0 Å². The molecule has 2 fully saturated rings. The minimum Gasteiger partial charge on any atom is -0.481 e. The molecule has 0 aromatic carbocycles. The van der Waals surface area contributed by atoms with E-state index in [4.69, 9.17) is 11.6 Å². The van der Waals surface area contributed by atoms with E-state index in [2.05, 4.69) is 25.3 Å². The molecule has 3 aromatic rings. The first-order valence-electron chi connectivity index (χ1n) is 11.8. The van der Waals surface area contributed by atoms with Crippen molar-refractivity contribution in [2.75, 3.05) is 25.0 Å². The average Bonchev–Trinajstić information content (AvgIpc) is 3.51. The lowest BCUT2D eigenvalue weighted by Gasteiger charge is -2.34. The molecule has 0 spiro atoms. The van der Waals surface area contributed by atoms with E-state index in [1.54, 1.807) is 12.3 Å². The lowest BCUT2D eigenvalue weighted by Crippen LogP contribution is -2.44. The lowest BCUT2D eigenvalue weighted by molar-refractivity contribution is -0.142. The van der Waals surface area contributed by atoms with Gasteiger partial charge in [-0.1, -0.05) is 11.6 Å². The van der Waals surface area contributed by atoms with Crippen molar-refractivity contribution >= 4 is 40.3 Å². The molecule has 184 valence electrons. The number of rotatable bonds is 6. The number of nitrogens with zero attached hydrogens (tertiary/aromatic N) is 4. The van der Waals surface area contributed by atoms with Gasteiger partial charge in [-0.25, -0.2) is 19.3 Å². The summed E-state index contributed by atoms with van der Waals surface area (Å²) >= 11 is 6.08. The van der Waals surface area contributed by atoms with E-state index in [0.717, 1.165) is 24.4 Å². The molecule has 4 heterocycles. The third-order valence-electron chi connectivity index (χ3n) is 7.00. The Labute approximate surface area is 206 Å². The lowest BCUT2D eigenvalue weighted by atomic mass is 9.95. The highest BCUT2D eigenvalue weighted by atomic mass is 35.5. The van der Waals surface area contributed by atoms with Gasteiger partial charge in [0.1, 0.15) is 5.65 Å². The van der Waals surface area contributed by atoms with E-state index < -0.39 is 17.7 Å². The number of aromatic amines is 1. The third kappa shape index (κ3) is 4.93. The number of aliphatic carboxylic acids is 1. The van der Waals surface area contributed by atoms with E-state index in [-0.39, 0.29) is 23.6 Å². The highest BCUT2D eigenvalue weighted by Crippen LogP contribution is 2.33. The van der Waals surface area contributed by atoms with Gasteiger partial charge in [-0.3, -0.25) is 9.59 Å². The fourth-order valence-electron chi connectivity index (χ4n) is 5.14. The van der Waals surface area contributed by atoms with Crippen LogP contribution in [0, 0.1) is 23.6 Å². The zero-order valence-corrected chi connectivity index (χ0v) is 19.8. The zero-order chi connectivity index (χ0) is 24.5. The van der Waals surface area contributed by atoms with Gasteiger partial charge < -0.3 is 20.3 Å². The first-order valence-corrected chi connectivity index (χ1v) is 12.2. The van der Waals surface area contributed by atoms with Gasteiger partial charge in [-0.2, -0.15) is 0 Å². The molecule has 1 amide bonds. The number of pyridine rings is 1. The number of fused-ring (bicyclic) bond motifs is 1. The van der Waals surface area contributed by atoms with Crippen LogP contribution in [0.2, 0.25) is 5.02 Å². The van der Waals surface area contributed by atoms with Crippen LogP contribution in [0.1, 0.15) is 32.1 Å². The molecule has 2 aliphatic rings. The van der Waals surface area contributed by atoms with Crippen LogP contribution in [0.15, 0.2) is 24.7 Å². The molecule has 11 heteroatoms. The van der Waals surface area contributed by atoms with E-state index in [1.807, 2.05) is 4.90 Å². The van der Waals surface area contributed by atoms with Gasteiger partial charge in [0.2, 0.25) is 5.91 Å². The summed E-state index contributed by atoms with van der Waals surface area (Å²) < 4.78 is 14.5. The van der Waals surface area contributed by atoms with Crippen LogP contribution in [0.25, 0.3) is 22.4 Å². The molecule has 3 N–H and O–H groups in total. The van der Waals surface area contributed by atoms with Gasteiger partial charge in [0.15, 0.2) is 17.5 Å². The van der Waals surface area contributed by atoms with Crippen molar-refractivity contribution in [2.45, 2.75) is 32.1 Å². The molecule has 1 aliphatic heterocycles.